The van der Waals surface area contributed by atoms with Crippen LogP contribution in [-0.4, -0.2) is 10.4 Å². The maximum Gasteiger partial charge on any atom is 0.174 e. The molecule has 134 valence electrons. The molecule has 0 unspecified atom stereocenters. The van der Waals surface area contributed by atoms with E-state index < -0.39 is 11.7 Å². The number of carbonyl (C=O) groups excluding carboxylic acids is 1. The number of carbonyl (C=O) groups is 1. The smallest absolute Gasteiger partial charge is 0.174 e. The summed E-state index contributed by atoms with van der Waals surface area (Å²) >= 11 is 0. The van der Waals surface area contributed by atoms with E-state index >= 15 is 0 Å². The first-order valence-electron chi connectivity index (χ1n) is 8.64. The fourth-order valence-corrected chi connectivity index (χ4v) is 3.51. The predicted octanol–water partition coefficient (Wildman–Crippen LogP) is 5.47. The third kappa shape index (κ3) is 3.14. The number of rotatable bonds is 4. The average Bonchev–Trinajstić information content (AvgIpc) is 3.01. The third-order valence-corrected chi connectivity index (χ3v) is 4.83. The second-order valence-electron chi connectivity index (χ2n) is 6.57. The van der Waals surface area contributed by atoms with Crippen LogP contribution < -0.4 is 0 Å². The molecule has 4 aromatic rings. The van der Waals surface area contributed by atoms with Gasteiger partial charge in [0, 0.05) is 29.7 Å². The van der Waals surface area contributed by atoms with Crippen LogP contribution in [0.5, 0.6) is 0 Å². The summed E-state index contributed by atoms with van der Waals surface area (Å²) in [7, 11) is 1.93. The molecular weight excluding hydrogens is 344 g/mol. The molecule has 4 heteroatoms. The molecule has 0 aliphatic rings. The Kier molecular flexibility index (Phi) is 4.32. The molecule has 0 saturated heterocycles. The van der Waals surface area contributed by atoms with Crippen molar-refractivity contribution in [2.75, 3.05) is 0 Å². The molecule has 0 N–H and O–H groups in total. The molecule has 1 atom stereocenters. The van der Waals surface area contributed by atoms with E-state index in [4.69, 9.17) is 0 Å². The second kappa shape index (κ2) is 6.80. The lowest BCUT2D eigenvalue weighted by Crippen LogP contribution is -2.14. The minimum absolute atomic E-state index is 0.155. The number of halogens is 2. The first-order chi connectivity index (χ1) is 13.0. The zero-order chi connectivity index (χ0) is 19.0. The van der Waals surface area contributed by atoms with Gasteiger partial charge in [0.2, 0.25) is 0 Å². The van der Waals surface area contributed by atoms with Crippen molar-refractivity contribution in [3.05, 3.63) is 107 Å². The quantitative estimate of drug-likeness (QED) is 0.442. The monoisotopic (exact) mass is 361 g/mol. The molecule has 0 aliphatic carbocycles. The van der Waals surface area contributed by atoms with Crippen LogP contribution in [0, 0.1) is 11.6 Å². The van der Waals surface area contributed by atoms with Gasteiger partial charge in [-0.05, 0) is 53.6 Å². The Bertz CT molecular complexity index is 1110. The van der Waals surface area contributed by atoms with Crippen molar-refractivity contribution >= 4 is 16.7 Å². The number of benzene rings is 3. The molecule has 0 fully saturated rings. The molecule has 0 aliphatic heterocycles. The van der Waals surface area contributed by atoms with Crippen molar-refractivity contribution in [1.82, 2.24) is 4.57 Å². The number of aromatic nitrogens is 1. The van der Waals surface area contributed by atoms with Gasteiger partial charge in [-0.1, -0.05) is 30.3 Å². The van der Waals surface area contributed by atoms with Crippen molar-refractivity contribution in [1.29, 1.82) is 0 Å². The Morgan fingerprint density at radius 1 is 0.852 bits per heavy atom. The molecule has 0 saturated carbocycles. The topological polar surface area (TPSA) is 22.0 Å². The van der Waals surface area contributed by atoms with E-state index in [-0.39, 0.29) is 11.6 Å². The van der Waals surface area contributed by atoms with Crippen LogP contribution in [0.3, 0.4) is 0 Å². The summed E-state index contributed by atoms with van der Waals surface area (Å²) < 4.78 is 28.7. The Balaban J connectivity index is 1.91. The number of nitrogens with zero attached hydrogens (tertiary/aromatic N) is 1. The summed E-state index contributed by atoms with van der Waals surface area (Å²) in [6, 6.07) is 19.3. The lowest BCUT2D eigenvalue weighted by atomic mass is 9.84. The largest absolute Gasteiger partial charge is 0.350 e. The van der Waals surface area contributed by atoms with Gasteiger partial charge in [-0.2, -0.15) is 0 Å². The molecule has 3 aromatic carbocycles. The number of Topliss-reactive ketones (excluding diaryl/α,β-unsaturated/α-hetero) is 1. The molecule has 0 amide bonds. The number of hydrogen-bond acceptors (Lipinski definition) is 1. The van der Waals surface area contributed by atoms with Crippen molar-refractivity contribution in [3.8, 4) is 0 Å². The fraction of sp³-hybridized carbons (Fsp3) is 0.0870. The van der Waals surface area contributed by atoms with E-state index in [0.29, 0.717) is 11.1 Å². The maximum atomic E-state index is 13.4. The highest BCUT2D eigenvalue weighted by Crippen LogP contribution is 2.34. The summed E-state index contributed by atoms with van der Waals surface area (Å²) in [5, 5.41) is 0.963. The predicted molar refractivity (Wildman–Crippen MR) is 102 cm³/mol. The van der Waals surface area contributed by atoms with E-state index in [1.165, 1.54) is 36.4 Å². The van der Waals surface area contributed by atoms with Gasteiger partial charge in [0.1, 0.15) is 11.6 Å². The van der Waals surface area contributed by atoms with Crippen molar-refractivity contribution in [2.45, 2.75) is 5.92 Å². The number of aryl methyl sites for hydroxylation is 1. The second-order valence-corrected chi connectivity index (χ2v) is 6.57. The Morgan fingerprint density at radius 3 is 2.11 bits per heavy atom. The highest BCUT2D eigenvalue weighted by atomic mass is 19.1. The maximum absolute atomic E-state index is 13.4. The van der Waals surface area contributed by atoms with Crippen LogP contribution >= 0.6 is 0 Å². The number of hydrogen-bond donors (Lipinski definition) is 0. The molecule has 2 nitrogen and oxygen atoms in total. The number of para-hydroxylation sites is 1. The third-order valence-electron chi connectivity index (χ3n) is 4.83. The normalized spacial score (nSPS) is 12.3. The summed E-state index contributed by atoms with van der Waals surface area (Å²) in [4.78, 5) is 13.4. The van der Waals surface area contributed by atoms with Gasteiger partial charge >= 0.3 is 0 Å². The molecule has 1 heterocycles. The average molecular weight is 361 g/mol. The van der Waals surface area contributed by atoms with E-state index in [9.17, 15) is 13.6 Å². The van der Waals surface area contributed by atoms with Crippen LogP contribution in [0.1, 0.15) is 27.4 Å². The Labute approximate surface area is 155 Å². The summed E-state index contributed by atoms with van der Waals surface area (Å²) in [6.45, 7) is 0. The number of ketones is 1. The molecule has 27 heavy (non-hydrogen) atoms. The van der Waals surface area contributed by atoms with E-state index in [2.05, 4.69) is 0 Å². The van der Waals surface area contributed by atoms with Gasteiger partial charge in [0.15, 0.2) is 5.78 Å². The molecule has 1 aromatic heterocycles. The van der Waals surface area contributed by atoms with Gasteiger partial charge in [-0.15, -0.1) is 0 Å². The number of fused-ring (bicyclic) bond motifs is 1. The van der Waals surface area contributed by atoms with Gasteiger partial charge in [-0.3, -0.25) is 4.79 Å². The van der Waals surface area contributed by atoms with Gasteiger partial charge < -0.3 is 4.57 Å². The summed E-state index contributed by atoms with van der Waals surface area (Å²) in [6.07, 6.45) is 1.93. The van der Waals surface area contributed by atoms with Crippen LogP contribution in [0.15, 0.2) is 79.0 Å². The van der Waals surface area contributed by atoms with E-state index in [0.717, 1.165) is 16.5 Å². The van der Waals surface area contributed by atoms with Crippen molar-refractivity contribution < 1.29 is 13.6 Å². The Morgan fingerprint density at radius 2 is 1.44 bits per heavy atom. The lowest BCUT2D eigenvalue weighted by Gasteiger charge is -2.16. The highest BCUT2D eigenvalue weighted by Gasteiger charge is 2.27. The molecule has 0 bridgehead atoms. The zero-order valence-corrected chi connectivity index (χ0v) is 14.7. The van der Waals surface area contributed by atoms with Gasteiger partial charge in [0.05, 0.1) is 5.92 Å². The zero-order valence-electron chi connectivity index (χ0n) is 14.7. The van der Waals surface area contributed by atoms with Crippen molar-refractivity contribution in [2.24, 2.45) is 7.05 Å². The summed E-state index contributed by atoms with van der Waals surface area (Å²) in [5.41, 5.74) is 2.96. The standard InChI is InChI=1S/C23H17F2NO/c1-26-14-20(19-4-2-3-5-21(19)26)22(15-6-10-17(24)11-7-15)23(27)16-8-12-18(25)13-9-16/h2-14,22H,1H3/t22-/m1/s1. The molecule has 4 rings (SSSR count). The first kappa shape index (κ1) is 17.2. The van der Waals surface area contributed by atoms with E-state index in [1.54, 1.807) is 12.1 Å². The van der Waals surface area contributed by atoms with Crippen molar-refractivity contribution in [3.63, 3.8) is 0 Å². The summed E-state index contributed by atoms with van der Waals surface area (Å²) in [5.74, 6) is -1.51. The minimum atomic E-state index is -0.609. The first-order valence-corrected chi connectivity index (χ1v) is 8.64. The fourth-order valence-electron chi connectivity index (χ4n) is 3.51. The van der Waals surface area contributed by atoms with Crippen LogP contribution in [0.2, 0.25) is 0 Å². The van der Waals surface area contributed by atoms with E-state index in [1.807, 2.05) is 42.1 Å². The molecule has 0 radical (unpaired) electrons. The molecule has 0 spiro atoms. The minimum Gasteiger partial charge on any atom is -0.350 e. The SMILES string of the molecule is Cn1cc([C@H](C(=O)c2ccc(F)cc2)c2ccc(F)cc2)c2ccccc21. The Hall–Kier alpha value is -3.27. The van der Waals surface area contributed by atoms with Crippen LogP contribution in [-0.2, 0) is 7.05 Å². The van der Waals surface area contributed by atoms with Crippen LogP contribution in [0.25, 0.3) is 10.9 Å². The van der Waals surface area contributed by atoms with Gasteiger partial charge in [-0.25, -0.2) is 8.78 Å². The lowest BCUT2D eigenvalue weighted by molar-refractivity contribution is 0.0974. The highest BCUT2D eigenvalue weighted by molar-refractivity contribution is 6.05. The molecular formula is C23H17F2NO. The van der Waals surface area contributed by atoms with Crippen LogP contribution in [0.4, 0.5) is 8.78 Å². The van der Waals surface area contributed by atoms with Gasteiger partial charge in [0.25, 0.3) is 0 Å².